The Morgan fingerprint density at radius 1 is 1.10 bits per heavy atom. The molecule has 216 valence electrons. The maximum absolute atomic E-state index is 14.2. The molecule has 6 rings (SSSR count). The fourth-order valence-electron chi connectivity index (χ4n) is 7.54. The summed E-state index contributed by atoms with van der Waals surface area (Å²) < 4.78 is 12.0. The summed E-state index contributed by atoms with van der Waals surface area (Å²) in [5.74, 6) is -1.58. The third kappa shape index (κ3) is 4.97. The number of morpholine rings is 1. The predicted octanol–water partition coefficient (Wildman–Crippen LogP) is 2.50. The van der Waals surface area contributed by atoms with Crippen LogP contribution in [0.25, 0.3) is 0 Å². The van der Waals surface area contributed by atoms with Crippen LogP contribution in [0.2, 0.25) is 0 Å². The number of carbonyl (C=O) groups is 3. The van der Waals surface area contributed by atoms with Crippen molar-refractivity contribution in [1.29, 1.82) is 0 Å². The summed E-state index contributed by atoms with van der Waals surface area (Å²) in [7, 11) is 0. The fraction of sp³-hybridized carbons (Fsp3) is 0.645. The molecule has 9 heteroatoms. The zero-order valence-corrected chi connectivity index (χ0v) is 23.6. The van der Waals surface area contributed by atoms with Gasteiger partial charge in [-0.15, -0.1) is 0 Å². The maximum atomic E-state index is 14.2. The van der Waals surface area contributed by atoms with Gasteiger partial charge in [-0.1, -0.05) is 44.1 Å². The third-order valence-corrected chi connectivity index (χ3v) is 9.63. The second-order valence-corrected chi connectivity index (χ2v) is 12.3. The SMILES string of the molecule is Cc1cccc(NC(=O)[C@@H]2[C@@H]3C=C[C@]4(O3)[C@@H]2C(=O)N(CCCN2CCOCC2)[C@H]4C(=O)N[C@H]2CCCC[C@@H]2C)c1. The summed E-state index contributed by atoms with van der Waals surface area (Å²) in [6.07, 6.45) is 8.30. The van der Waals surface area contributed by atoms with E-state index in [1.54, 1.807) is 4.90 Å². The van der Waals surface area contributed by atoms with E-state index < -0.39 is 29.6 Å². The second kappa shape index (κ2) is 11.3. The number of hydrogen-bond donors (Lipinski definition) is 2. The lowest BCUT2D eigenvalue weighted by molar-refractivity contribution is -0.141. The molecule has 0 radical (unpaired) electrons. The molecule has 4 heterocycles. The molecule has 1 aliphatic carbocycles. The molecule has 2 bridgehead atoms. The topological polar surface area (TPSA) is 100 Å². The summed E-state index contributed by atoms with van der Waals surface area (Å²) >= 11 is 0. The molecule has 40 heavy (non-hydrogen) atoms. The summed E-state index contributed by atoms with van der Waals surface area (Å²) in [5, 5.41) is 6.32. The molecule has 4 aliphatic heterocycles. The summed E-state index contributed by atoms with van der Waals surface area (Å²) in [6.45, 7) is 8.62. The van der Waals surface area contributed by atoms with Crippen LogP contribution < -0.4 is 10.6 Å². The molecule has 3 saturated heterocycles. The van der Waals surface area contributed by atoms with Gasteiger partial charge in [-0.05, 0) is 49.8 Å². The van der Waals surface area contributed by atoms with Gasteiger partial charge < -0.3 is 25.0 Å². The molecule has 1 saturated carbocycles. The van der Waals surface area contributed by atoms with E-state index in [1.165, 1.54) is 6.42 Å². The van der Waals surface area contributed by atoms with Crippen LogP contribution in [0.3, 0.4) is 0 Å². The smallest absolute Gasteiger partial charge is 0.246 e. The summed E-state index contributed by atoms with van der Waals surface area (Å²) in [4.78, 5) is 45.9. The van der Waals surface area contributed by atoms with Crippen molar-refractivity contribution in [2.45, 2.75) is 69.7 Å². The van der Waals surface area contributed by atoms with Crippen LogP contribution in [0.15, 0.2) is 36.4 Å². The Hall–Kier alpha value is -2.75. The number of nitrogens with zero attached hydrogens (tertiary/aromatic N) is 2. The van der Waals surface area contributed by atoms with Crippen LogP contribution in [-0.2, 0) is 23.9 Å². The van der Waals surface area contributed by atoms with Gasteiger partial charge in [0, 0.05) is 37.9 Å². The van der Waals surface area contributed by atoms with Crippen LogP contribution in [0, 0.1) is 24.7 Å². The number of anilines is 1. The molecule has 1 aromatic carbocycles. The van der Waals surface area contributed by atoms with Gasteiger partial charge in [0.2, 0.25) is 17.7 Å². The molecule has 7 atom stereocenters. The van der Waals surface area contributed by atoms with Crippen molar-refractivity contribution in [2.75, 3.05) is 44.7 Å². The van der Waals surface area contributed by atoms with E-state index in [0.717, 1.165) is 64.1 Å². The van der Waals surface area contributed by atoms with Crippen LogP contribution >= 0.6 is 0 Å². The van der Waals surface area contributed by atoms with Gasteiger partial charge in [0.1, 0.15) is 11.6 Å². The summed E-state index contributed by atoms with van der Waals surface area (Å²) in [6, 6.07) is 6.92. The maximum Gasteiger partial charge on any atom is 0.246 e. The molecule has 0 aromatic heterocycles. The first kappa shape index (κ1) is 27.4. The largest absolute Gasteiger partial charge is 0.379 e. The molecule has 5 aliphatic rings. The number of likely N-dealkylation sites (tertiary alicyclic amines) is 1. The lowest BCUT2D eigenvalue weighted by atomic mass is 9.74. The molecule has 9 nitrogen and oxygen atoms in total. The highest BCUT2D eigenvalue weighted by Crippen LogP contribution is 2.55. The first-order valence-electron chi connectivity index (χ1n) is 15.0. The number of rotatable bonds is 8. The number of hydrogen-bond acceptors (Lipinski definition) is 6. The van der Waals surface area contributed by atoms with Crippen LogP contribution in [-0.4, -0.2) is 90.7 Å². The zero-order valence-electron chi connectivity index (χ0n) is 23.6. The minimum absolute atomic E-state index is 0.0880. The first-order valence-corrected chi connectivity index (χ1v) is 15.0. The molecule has 4 fully saturated rings. The molecule has 0 unspecified atom stereocenters. The molecular formula is C31H42N4O5. The average molecular weight is 551 g/mol. The van der Waals surface area contributed by atoms with Crippen molar-refractivity contribution >= 4 is 23.4 Å². The Bertz CT molecular complexity index is 1170. The van der Waals surface area contributed by atoms with Gasteiger partial charge in [0.15, 0.2) is 0 Å². The van der Waals surface area contributed by atoms with Gasteiger partial charge in [-0.25, -0.2) is 0 Å². The van der Waals surface area contributed by atoms with Gasteiger partial charge in [-0.3, -0.25) is 19.3 Å². The van der Waals surface area contributed by atoms with E-state index in [0.29, 0.717) is 18.2 Å². The zero-order chi connectivity index (χ0) is 27.9. The number of benzene rings is 1. The van der Waals surface area contributed by atoms with E-state index in [9.17, 15) is 14.4 Å². The van der Waals surface area contributed by atoms with E-state index in [-0.39, 0.29) is 23.8 Å². The van der Waals surface area contributed by atoms with Gasteiger partial charge in [0.05, 0.1) is 31.2 Å². The highest BCUT2D eigenvalue weighted by Gasteiger charge is 2.72. The van der Waals surface area contributed by atoms with Crippen molar-refractivity contribution in [3.63, 3.8) is 0 Å². The Kier molecular flexibility index (Phi) is 7.72. The Balaban J connectivity index is 1.25. The monoisotopic (exact) mass is 550 g/mol. The lowest BCUT2D eigenvalue weighted by Crippen LogP contribution is -2.57. The normalized spacial score (nSPS) is 35.1. The average Bonchev–Trinajstić information content (AvgIpc) is 3.58. The lowest BCUT2D eigenvalue weighted by Gasteiger charge is -2.36. The Morgan fingerprint density at radius 2 is 1.90 bits per heavy atom. The van der Waals surface area contributed by atoms with E-state index in [4.69, 9.17) is 9.47 Å². The Morgan fingerprint density at radius 3 is 2.67 bits per heavy atom. The molecule has 1 aromatic rings. The molecule has 1 spiro atoms. The summed E-state index contributed by atoms with van der Waals surface area (Å²) in [5.41, 5.74) is 0.603. The van der Waals surface area contributed by atoms with E-state index >= 15 is 0 Å². The number of nitrogens with one attached hydrogen (secondary N) is 2. The number of amides is 3. The molecule has 3 amide bonds. The van der Waals surface area contributed by atoms with Gasteiger partial charge in [0.25, 0.3) is 0 Å². The Labute approximate surface area is 236 Å². The fourth-order valence-corrected chi connectivity index (χ4v) is 7.54. The highest BCUT2D eigenvalue weighted by molar-refractivity contribution is 6.02. The van der Waals surface area contributed by atoms with Crippen molar-refractivity contribution < 1.29 is 23.9 Å². The number of aryl methyl sites for hydroxylation is 1. The van der Waals surface area contributed by atoms with E-state index in [1.807, 2.05) is 43.3 Å². The van der Waals surface area contributed by atoms with E-state index in [2.05, 4.69) is 22.5 Å². The van der Waals surface area contributed by atoms with Crippen molar-refractivity contribution in [3.05, 3.63) is 42.0 Å². The first-order chi connectivity index (χ1) is 19.4. The highest BCUT2D eigenvalue weighted by atomic mass is 16.5. The third-order valence-electron chi connectivity index (χ3n) is 9.63. The van der Waals surface area contributed by atoms with Crippen molar-refractivity contribution in [2.24, 2.45) is 17.8 Å². The van der Waals surface area contributed by atoms with Crippen molar-refractivity contribution in [1.82, 2.24) is 15.1 Å². The molecule has 2 N–H and O–H groups in total. The van der Waals surface area contributed by atoms with Crippen LogP contribution in [0.1, 0.15) is 44.6 Å². The van der Waals surface area contributed by atoms with Crippen molar-refractivity contribution in [3.8, 4) is 0 Å². The minimum Gasteiger partial charge on any atom is -0.379 e. The minimum atomic E-state index is -1.13. The number of carbonyl (C=O) groups excluding carboxylic acids is 3. The van der Waals surface area contributed by atoms with Gasteiger partial charge in [-0.2, -0.15) is 0 Å². The number of ether oxygens (including phenoxy) is 2. The second-order valence-electron chi connectivity index (χ2n) is 12.3. The van der Waals surface area contributed by atoms with Gasteiger partial charge >= 0.3 is 0 Å². The quantitative estimate of drug-likeness (QED) is 0.483. The predicted molar refractivity (Wildman–Crippen MR) is 150 cm³/mol. The number of fused-ring (bicyclic) bond motifs is 1. The van der Waals surface area contributed by atoms with Crippen LogP contribution in [0.5, 0.6) is 0 Å². The standard InChI is InChI=1S/C31H42N4O5/c1-20-7-5-9-22(19-20)32-28(36)25-24-11-12-31(40-24)26(25)30(38)35(14-6-13-34-15-17-39-18-16-34)27(31)29(37)33-23-10-4-3-8-21(23)2/h5,7,9,11-12,19,21,23-27H,3-4,6,8,10,13-18H2,1-2H3,(H,32,36)(H,33,37)/t21-,23-,24-,25+,26-,27-,31-/m0/s1. The van der Waals surface area contributed by atoms with Crippen LogP contribution in [0.4, 0.5) is 5.69 Å². The molecular weight excluding hydrogens is 508 g/mol.